The Balaban J connectivity index is 1.62. The van der Waals surface area contributed by atoms with Crippen LogP contribution in [0.3, 0.4) is 0 Å². The minimum atomic E-state index is -0.772. The monoisotopic (exact) mass is 340 g/mol. The van der Waals surface area contributed by atoms with Crippen molar-refractivity contribution in [3.05, 3.63) is 29.0 Å². The summed E-state index contributed by atoms with van der Waals surface area (Å²) >= 11 is 5.72. The smallest absolute Gasteiger partial charge is 0.239 e. The van der Waals surface area contributed by atoms with Crippen molar-refractivity contribution in [3.63, 3.8) is 0 Å². The molecule has 2 aliphatic heterocycles. The number of ether oxygens (including phenoxy) is 1. The summed E-state index contributed by atoms with van der Waals surface area (Å²) in [5.41, 5.74) is 0.161. The lowest BCUT2D eigenvalue weighted by Gasteiger charge is -2.18. The summed E-state index contributed by atoms with van der Waals surface area (Å²) in [5, 5.41) is 3.03. The molecule has 2 saturated heterocycles. The molecule has 0 bridgehead atoms. The summed E-state index contributed by atoms with van der Waals surface area (Å²) in [6.45, 7) is 1.44. The lowest BCUT2D eigenvalue weighted by Crippen LogP contribution is -2.40. The number of nitrogens with zero attached hydrogens (tertiary/aromatic N) is 1. The molecule has 0 spiro atoms. The third kappa shape index (κ3) is 3.48. The van der Waals surface area contributed by atoms with Gasteiger partial charge in [-0.15, -0.1) is 0 Å². The minimum Gasteiger partial charge on any atom is -0.376 e. The third-order valence-corrected chi connectivity index (χ3v) is 4.49. The van der Waals surface area contributed by atoms with Crippen molar-refractivity contribution >= 4 is 29.1 Å². The number of hydrogen-bond donors (Lipinski definition) is 1. The van der Waals surface area contributed by atoms with Crippen molar-refractivity contribution in [3.8, 4) is 0 Å². The zero-order valence-electron chi connectivity index (χ0n) is 12.6. The maximum Gasteiger partial charge on any atom is 0.239 e. The summed E-state index contributed by atoms with van der Waals surface area (Å²) in [6.07, 6.45) is 2.31. The first-order valence-electron chi connectivity index (χ1n) is 7.72. The van der Waals surface area contributed by atoms with Gasteiger partial charge in [-0.25, -0.2) is 4.39 Å². The number of anilines is 1. The fourth-order valence-electron chi connectivity index (χ4n) is 3.01. The molecule has 5 nitrogen and oxygen atoms in total. The predicted octanol–water partition coefficient (Wildman–Crippen LogP) is 2.13. The van der Waals surface area contributed by atoms with Crippen LogP contribution >= 0.6 is 11.6 Å². The van der Waals surface area contributed by atoms with Crippen LogP contribution < -0.4 is 10.2 Å². The number of halogens is 2. The summed E-state index contributed by atoms with van der Waals surface area (Å²) in [6, 6.07) is 4.15. The number of hydrogen-bond acceptors (Lipinski definition) is 3. The quantitative estimate of drug-likeness (QED) is 0.854. The number of nitrogens with one attached hydrogen (secondary N) is 1. The normalized spacial score (nSPS) is 24.3. The van der Waals surface area contributed by atoms with Gasteiger partial charge in [0.2, 0.25) is 11.8 Å². The van der Waals surface area contributed by atoms with Crippen molar-refractivity contribution < 1.29 is 18.7 Å². The zero-order valence-corrected chi connectivity index (χ0v) is 13.3. The van der Waals surface area contributed by atoms with Gasteiger partial charge in [0.25, 0.3) is 0 Å². The lowest BCUT2D eigenvalue weighted by atomic mass is 10.1. The Morgan fingerprint density at radius 1 is 1.43 bits per heavy atom. The number of benzene rings is 1. The van der Waals surface area contributed by atoms with Gasteiger partial charge in [0.1, 0.15) is 11.7 Å². The van der Waals surface area contributed by atoms with Gasteiger partial charge in [-0.3, -0.25) is 9.59 Å². The van der Waals surface area contributed by atoms with Crippen LogP contribution in [0.1, 0.15) is 19.3 Å². The van der Waals surface area contributed by atoms with E-state index in [9.17, 15) is 14.0 Å². The second-order valence-electron chi connectivity index (χ2n) is 5.81. The van der Waals surface area contributed by atoms with Gasteiger partial charge in [-0.2, -0.15) is 0 Å². The van der Waals surface area contributed by atoms with E-state index < -0.39 is 11.7 Å². The summed E-state index contributed by atoms with van der Waals surface area (Å²) in [4.78, 5) is 25.9. The molecular formula is C16H18ClFN2O3. The van der Waals surface area contributed by atoms with Gasteiger partial charge in [0, 0.05) is 24.7 Å². The van der Waals surface area contributed by atoms with Crippen LogP contribution in [0, 0.1) is 11.7 Å². The van der Waals surface area contributed by atoms with Crippen molar-refractivity contribution in [2.75, 3.05) is 24.6 Å². The van der Waals surface area contributed by atoms with Gasteiger partial charge in [0.15, 0.2) is 0 Å². The highest BCUT2D eigenvalue weighted by Gasteiger charge is 2.38. The molecule has 124 valence electrons. The average Bonchev–Trinajstić information content (AvgIpc) is 3.15. The Morgan fingerprint density at radius 3 is 2.96 bits per heavy atom. The molecule has 2 fully saturated rings. The Bertz CT molecular complexity index is 619. The number of carbonyl (C=O) groups is 2. The molecule has 2 unspecified atom stereocenters. The fourth-order valence-corrected chi connectivity index (χ4v) is 3.16. The zero-order chi connectivity index (χ0) is 16.4. The third-order valence-electron chi connectivity index (χ3n) is 4.25. The molecule has 7 heteroatoms. The van der Waals surface area contributed by atoms with Gasteiger partial charge < -0.3 is 15.0 Å². The van der Waals surface area contributed by atoms with Crippen molar-refractivity contribution in [1.82, 2.24) is 5.32 Å². The van der Waals surface area contributed by atoms with Crippen LogP contribution in [0.15, 0.2) is 18.2 Å². The highest BCUT2D eigenvalue weighted by Crippen LogP contribution is 2.29. The van der Waals surface area contributed by atoms with E-state index in [1.54, 1.807) is 0 Å². The molecule has 23 heavy (non-hydrogen) atoms. The highest BCUT2D eigenvalue weighted by atomic mass is 35.5. The van der Waals surface area contributed by atoms with E-state index in [2.05, 4.69) is 5.32 Å². The molecule has 3 rings (SSSR count). The number of rotatable bonds is 4. The highest BCUT2D eigenvalue weighted by molar-refractivity contribution is 6.30. The van der Waals surface area contributed by atoms with E-state index in [4.69, 9.17) is 16.3 Å². The number of amides is 2. The van der Waals surface area contributed by atoms with Crippen LogP contribution in [-0.4, -0.2) is 37.6 Å². The minimum absolute atomic E-state index is 0.0280. The molecule has 1 aromatic carbocycles. The Kier molecular flexibility index (Phi) is 4.82. The van der Waals surface area contributed by atoms with E-state index in [0.29, 0.717) is 26.1 Å². The number of carbonyl (C=O) groups excluding carboxylic acids is 2. The molecule has 1 N–H and O–H groups in total. The van der Waals surface area contributed by atoms with Crippen LogP contribution in [0.25, 0.3) is 0 Å². The Labute approximate surface area is 138 Å². The standard InChI is InChI=1S/C16H18ClFN2O3/c17-10-3-4-14(13(18)8-10)20-6-5-12(16(20)22)15(21)19-9-11-2-1-7-23-11/h3-4,8,11-12H,1-2,5-7,9H2,(H,19,21). The van der Waals surface area contributed by atoms with Gasteiger partial charge in [-0.1, -0.05) is 11.6 Å². The van der Waals surface area contributed by atoms with Crippen LogP contribution in [-0.2, 0) is 14.3 Å². The second-order valence-corrected chi connectivity index (χ2v) is 6.24. The maximum absolute atomic E-state index is 14.0. The van der Waals surface area contributed by atoms with Gasteiger partial charge in [0.05, 0.1) is 11.8 Å². The molecule has 1 aromatic rings. The molecule has 2 amide bonds. The first-order chi connectivity index (χ1) is 11.1. The average molecular weight is 341 g/mol. The maximum atomic E-state index is 14.0. The fraction of sp³-hybridized carbons (Fsp3) is 0.500. The molecule has 0 aliphatic carbocycles. The molecule has 0 saturated carbocycles. The van der Waals surface area contributed by atoms with Crippen LogP contribution in [0.2, 0.25) is 5.02 Å². The summed E-state index contributed by atoms with van der Waals surface area (Å²) < 4.78 is 19.4. The largest absolute Gasteiger partial charge is 0.376 e. The first-order valence-corrected chi connectivity index (χ1v) is 8.10. The van der Waals surface area contributed by atoms with E-state index in [0.717, 1.165) is 18.9 Å². The Morgan fingerprint density at radius 2 is 2.26 bits per heavy atom. The van der Waals surface area contributed by atoms with E-state index in [1.165, 1.54) is 17.0 Å². The molecule has 0 radical (unpaired) electrons. The van der Waals surface area contributed by atoms with Crippen molar-refractivity contribution in [2.24, 2.45) is 5.92 Å². The van der Waals surface area contributed by atoms with Crippen molar-refractivity contribution in [1.29, 1.82) is 0 Å². The van der Waals surface area contributed by atoms with E-state index in [1.807, 2.05) is 0 Å². The predicted molar refractivity (Wildman–Crippen MR) is 83.9 cm³/mol. The molecule has 2 atom stereocenters. The molecular weight excluding hydrogens is 323 g/mol. The first kappa shape index (κ1) is 16.2. The van der Waals surface area contributed by atoms with Crippen molar-refractivity contribution in [2.45, 2.75) is 25.4 Å². The molecule has 0 aromatic heterocycles. The van der Waals surface area contributed by atoms with Gasteiger partial charge >= 0.3 is 0 Å². The summed E-state index contributed by atoms with van der Waals surface area (Å²) in [7, 11) is 0. The van der Waals surface area contributed by atoms with E-state index >= 15 is 0 Å². The van der Waals surface area contributed by atoms with Crippen LogP contribution in [0.4, 0.5) is 10.1 Å². The molecule has 2 aliphatic rings. The summed E-state index contributed by atoms with van der Waals surface area (Å²) in [5.74, 6) is -2.03. The lowest BCUT2D eigenvalue weighted by molar-refractivity contribution is -0.132. The topological polar surface area (TPSA) is 58.6 Å². The molecule has 2 heterocycles. The van der Waals surface area contributed by atoms with Gasteiger partial charge in [-0.05, 0) is 37.5 Å². The van der Waals surface area contributed by atoms with E-state index in [-0.39, 0.29) is 28.6 Å². The Hall–Kier alpha value is -1.66. The second kappa shape index (κ2) is 6.84. The van der Waals surface area contributed by atoms with Crippen LogP contribution in [0.5, 0.6) is 0 Å². The SMILES string of the molecule is O=C(NCC1CCCO1)C1CCN(c2ccc(Cl)cc2F)C1=O.